The van der Waals surface area contributed by atoms with Crippen molar-refractivity contribution >= 4 is 17.8 Å². The molecule has 2 amide bonds. The predicted octanol–water partition coefficient (Wildman–Crippen LogP) is 2.68. The normalized spacial score (nSPS) is 24.5. The molecular weight excluding hydrogens is 377 g/mol. The topological polar surface area (TPSA) is 86.7 Å². The smallest absolute Gasteiger partial charge is 0.417 e. The van der Waals surface area contributed by atoms with Gasteiger partial charge in [0.05, 0.1) is 17.7 Å². The average molecular weight is 398 g/mol. The molecule has 1 saturated carbocycles. The molecule has 3 atom stereocenters. The van der Waals surface area contributed by atoms with Gasteiger partial charge in [-0.2, -0.15) is 13.2 Å². The number of aliphatic carboxylic acids is 1. The van der Waals surface area contributed by atoms with E-state index in [1.807, 2.05) is 0 Å². The van der Waals surface area contributed by atoms with E-state index in [-0.39, 0.29) is 12.0 Å². The third-order valence-electron chi connectivity index (χ3n) is 5.54. The third kappa shape index (κ3) is 3.98. The van der Waals surface area contributed by atoms with Gasteiger partial charge in [-0.15, -0.1) is 0 Å². The highest BCUT2D eigenvalue weighted by Gasteiger charge is 2.47. The highest BCUT2D eigenvalue weighted by atomic mass is 19.4. The molecule has 3 rings (SSSR count). The van der Waals surface area contributed by atoms with Crippen LogP contribution in [0.4, 0.5) is 13.2 Å². The van der Waals surface area contributed by atoms with Crippen molar-refractivity contribution in [3.05, 3.63) is 35.4 Å². The Morgan fingerprint density at radius 1 is 1.14 bits per heavy atom. The van der Waals surface area contributed by atoms with Gasteiger partial charge in [0, 0.05) is 6.04 Å². The van der Waals surface area contributed by atoms with Crippen molar-refractivity contribution in [2.45, 2.75) is 50.4 Å². The molecule has 1 heterocycles. The van der Waals surface area contributed by atoms with Crippen molar-refractivity contribution in [1.29, 1.82) is 0 Å². The maximum Gasteiger partial charge on any atom is 0.417 e. The van der Waals surface area contributed by atoms with Crippen LogP contribution in [0.2, 0.25) is 0 Å². The number of halogens is 3. The van der Waals surface area contributed by atoms with Crippen molar-refractivity contribution in [1.82, 2.24) is 10.2 Å². The Morgan fingerprint density at radius 2 is 1.82 bits per heavy atom. The molecule has 9 heteroatoms. The van der Waals surface area contributed by atoms with E-state index in [1.165, 1.54) is 17.0 Å². The molecule has 0 radical (unpaired) electrons. The van der Waals surface area contributed by atoms with Crippen molar-refractivity contribution in [3.63, 3.8) is 0 Å². The first-order chi connectivity index (χ1) is 13.2. The SMILES string of the molecule is O=C(NCC(=O)N1C(C(=O)O)CC2CCCCC21)c1ccccc1C(F)(F)F. The molecule has 152 valence electrons. The van der Waals surface area contributed by atoms with E-state index >= 15 is 0 Å². The summed E-state index contributed by atoms with van der Waals surface area (Å²) in [6, 6.07) is 3.16. The standard InChI is InChI=1S/C19H21F3N2O4/c20-19(21,22)13-7-3-2-6-12(13)17(26)23-10-16(25)24-14-8-4-1-5-11(14)9-15(24)18(27)28/h2-3,6-7,11,14-15H,1,4-5,8-10H2,(H,23,26)(H,27,28). The summed E-state index contributed by atoms with van der Waals surface area (Å²) in [5, 5.41) is 11.7. The number of carbonyl (C=O) groups excluding carboxylic acids is 2. The van der Waals surface area contributed by atoms with Gasteiger partial charge in [0.2, 0.25) is 5.91 Å². The number of carboxylic acid groups (broad SMARTS) is 1. The Bertz CT molecular complexity index is 781. The Hall–Kier alpha value is -2.58. The summed E-state index contributed by atoms with van der Waals surface area (Å²) in [6.07, 6.45) is -0.898. The Labute approximate surface area is 159 Å². The maximum atomic E-state index is 13.1. The molecule has 0 spiro atoms. The van der Waals surface area contributed by atoms with Gasteiger partial charge in [-0.1, -0.05) is 25.0 Å². The van der Waals surface area contributed by atoms with Crippen LogP contribution in [-0.4, -0.2) is 46.4 Å². The molecule has 2 N–H and O–H groups in total. The van der Waals surface area contributed by atoms with Crippen LogP contribution in [0.3, 0.4) is 0 Å². The minimum absolute atomic E-state index is 0.112. The van der Waals surface area contributed by atoms with Gasteiger partial charge in [0.15, 0.2) is 0 Å². The Morgan fingerprint density at radius 3 is 2.50 bits per heavy atom. The minimum Gasteiger partial charge on any atom is -0.480 e. The van der Waals surface area contributed by atoms with Crippen LogP contribution in [0.1, 0.15) is 48.0 Å². The molecule has 1 aliphatic carbocycles. The summed E-state index contributed by atoms with van der Waals surface area (Å²) in [5.74, 6) is -2.59. The van der Waals surface area contributed by atoms with Crippen LogP contribution in [0.25, 0.3) is 0 Å². The number of fused-ring (bicyclic) bond motifs is 1. The molecule has 2 fully saturated rings. The molecule has 2 aliphatic rings. The number of nitrogens with zero attached hydrogens (tertiary/aromatic N) is 1. The summed E-state index contributed by atoms with van der Waals surface area (Å²) in [6.45, 7) is -0.544. The number of nitrogens with one attached hydrogen (secondary N) is 1. The Kier molecular flexibility index (Phi) is 5.62. The number of rotatable bonds is 4. The molecule has 6 nitrogen and oxygen atoms in total. The van der Waals surface area contributed by atoms with Crippen molar-refractivity contribution in [3.8, 4) is 0 Å². The summed E-state index contributed by atoms with van der Waals surface area (Å²) in [7, 11) is 0. The predicted molar refractivity (Wildman–Crippen MR) is 92.4 cm³/mol. The van der Waals surface area contributed by atoms with Crippen molar-refractivity contribution in [2.24, 2.45) is 5.92 Å². The number of alkyl halides is 3. The Balaban J connectivity index is 1.71. The van der Waals surface area contributed by atoms with Crippen LogP contribution in [0.5, 0.6) is 0 Å². The molecule has 1 aromatic rings. The molecule has 1 saturated heterocycles. The molecule has 28 heavy (non-hydrogen) atoms. The lowest BCUT2D eigenvalue weighted by atomic mass is 9.85. The first kappa shape index (κ1) is 20.2. The van der Waals surface area contributed by atoms with E-state index in [2.05, 4.69) is 5.32 Å². The zero-order valence-electron chi connectivity index (χ0n) is 15.0. The summed E-state index contributed by atoms with van der Waals surface area (Å²) in [4.78, 5) is 37.8. The molecule has 1 aliphatic heterocycles. The lowest BCUT2D eigenvalue weighted by Crippen LogP contribution is -2.50. The number of carbonyl (C=O) groups is 3. The summed E-state index contributed by atoms with van der Waals surface area (Å²) < 4.78 is 39.2. The first-order valence-electron chi connectivity index (χ1n) is 9.18. The average Bonchev–Trinajstić information content (AvgIpc) is 3.05. The third-order valence-corrected chi connectivity index (χ3v) is 5.54. The van der Waals surface area contributed by atoms with E-state index in [1.54, 1.807) is 0 Å². The van der Waals surface area contributed by atoms with E-state index in [0.29, 0.717) is 12.8 Å². The second-order valence-electron chi connectivity index (χ2n) is 7.23. The summed E-state index contributed by atoms with van der Waals surface area (Å²) in [5.41, 5.74) is -1.66. The second kappa shape index (κ2) is 7.81. The number of carboxylic acids is 1. The fraction of sp³-hybridized carbons (Fsp3) is 0.526. The highest BCUT2D eigenvalue weighted by Crippen LogP contribution is 2.39. The quantitative estimate of drug-likeness (QED) is 0.817. The summed E-state index contributed by atoms with van der Waals surface area (Å²) >= 11 is 0. The van der Waals surface area contributed by atoms with Gasteiger partial charge in [-0.05, 0) is 37.3 Å². The van der Waals surface area contributed by atoms with Crippen LogP contribution >= 0.6 is 0 Å². The fourth-order valence-electron chi connectivity index (χ4n) is 4.31. The minimum atomic E-state index is -4.70. The van der Waals surface area contributed by atoms with Crippen LogP contribution in [-0.2, 0) is 15.8 Å². The number of benzene rings is 1. The van der Waals surface area contributed by atoms with Gasteiger partial charge in [0.25, 0.3) is 5.91 Å². The van der Waals surface area contributed by atoms with Gasteiger partial charge in [0.1, 0.15) is 6.04 Å². The second-order valence-corrected chi connectivity index (χ2v) is 7.23. The largest absolute Gasteiger partial charge is 0.480 e. The van der Waals surface area contributed by atoms with Crippen molar-refractivity contribution < 1.29 is 32.7 Å². The van der Waals surface area contributed by atoms with Gasteiger partial charge < -0.3 is 15.3 Å². The molecule has 1 aromatic carbocycles. The lowest BCUT2D eigenvalue weighted by Gasteiger charge is -2.33. The van der Waals surface area contributed by atoms with E-state index < -0.39 is 47.7 Å². The molecule has 3 unspecified atom stereocenters. The zero-order chi connectivity index (χ0) is 20.5. The monoisotopic (exact) mass is 398 g/mol. The molecule has 0 aromatic heterocycles. The molecule has 0 bridgehead atoms. The maximum absolute atomic E-state index is 13.1. The zero-order valence-corrected chi connectivity index (χ0v) is 15.0. The first-order valence-corrected chi connectivity index (χ1v) is 9.18. The van der Waals surface area contributed by atoms with E-state index in [9.17, 15) is 32.7 Å². The number of amides is 2. The highest BCUT2D eigenvalue weighted by molar-refractivity contribution is 5.98. The van der Waals surface area contributed by atoms with Gasteiger partial charge in [-0.3, -0.25) is 9.59 Å². The van der Waals surface area contributed by atoms with Crippen LogP contribution in [0.15, 0.2) is 24.3 Å². The van der Waals surface area contributed by atoms with Crippen LogP contribution < -0.4 is 5.32 Å². The van der Waals surface area contributed by atoms with Crippen LogP contribution in [0, 0.1) is 5.92 Å². The van der Waals surface area contributed by atoms with E-state index in [4.69, 9.17) is 0 Å². The van der Waals surface area contributed by atoms with E-state index in [0.717, 1.165) is 31.4 Å². The lowest BCUT2D eigenvalue weighted by molar-refractivity contribution is -0.149. The van der Waals surface area contributed by atoms with Crippen molar-refractivity contribution in [2.75, 3.05) is 6.54 Å². The number of likely N-dealkylation sites (tertiary alicyclic amines) is 1. The fourth-order valence-corrected chi connectivity index (χ4v) is 4.31. The number of hydrogen-bond donors (Lipinski definition) is 2. The molecular formula is C19H21F3N2O4. The van der Waals surface area contributed by atoms with Gasteiger partial charge >= 0.3 is 12.1 Å². The number of hydrogen-bond acceptors (Lipinski definition) is 3. The van der Waals surface area contributed by atoms with Gasteiger partial charge in [-0.25, -0.2) is 4.79 Å².